The zero-order chi connectivity index (χ0) is 21.1. The molecule has 3 nitrogen and oxygen atoms in total. The molecule has 0 amide bonds. The molecule has 1 saturated carbocycles. The minimum Gasteiger partial charge on any atom is -0.370 e. The molecule has 0 atom stereocenters. The van der Waals surface area contributed by atoms with Crippen molar-refractivity contribution < 1.29 is 22.4 Å². The Kier molecular flexibility index (Phi) is 6.27. The summed E-state index contributed by atoms with van der Waals surface area (Å²) in [6, 6.07) is 11.6. The highest BCUT2D eigenvalue weighted by Gasteiger charge is 2.42. The van der Waals surface area contributed by atoms with E-state index >= 15 is 0 Å². The number of hydrogen-bond acceptors (Lipinski definition) is 3. The van der Waals surface area contributed by atoms with Crippen LogP contribution in [0, 0.1) is 5.41 Å². The number of anilines is 1. The smallest absolute Gasteiger partial charge is 0.370 e. The van der Waals surface area contributed by atoms with Crippen LogP contribution in [0.3, 0.4) is 0 Å². The maximum Gasteiger partial charge on any atom is 0.416 e. The molecule has 0 heterocycles. The number of carbonyl (C=O) groups is 1. The van der Waals surface area contributed by atoms with Crippen molar-refractivity contribution in [2.75, 3.05) is 25.2 Å². The molecule has 0 bridgehead atoms. The van der Waals surface area contributed by atoms with Crippen LogP contribution in [0.2, 0.25) is 0 Å². The zero-order valence-electron chi connectivity index (χ0n) is 16.2. The maximum atomic E-state index is 13.8. The van der Waals surface area contributed by atoms with Crippen molar-refractivity contribution in [3.05, 3.63) is 64.7 Å². The normalized spacial score (nSPS) is 15.2. The molecule has 3 rings (SSSR count). The summed E-state index contributed by atoms with van der Waals surface area (Å²) in [7, 11) is 1.69. The lowest BCUT2D eigenvalue weighted by Gasteiger charge is -2.24. The molecule has 0 aliphatic heterocycles. The number of hydrogen-bond donors (Lipinski definition) is 1. The highest BCUT2D eigenvalue weighted by Crippen LogP contribution is 2.45. The van der Waals surface area contributed by atoms with Crippen LogP contribution in [0.25, 0.3) is 0 Å². The minimum atomic E-state index is -4.59. The largest absolute Gasteiger partial charge is 0.416 e. The maximum absolute atomic E-state index is 13.8. The van der Waals surface area contributed by atoms with Gasteiger partial charge >= 0.3 is 6.18 Å². The fourth-order valence-electron chi connectivity index (χ4n) is 3.41. The Hall–Kier alpha value is -2.41. The topological polar surface area (TPSA) is 32.3 Å². The lowest BCUT2D eigenvalue weighted by atomic mass is 9.96. The number of halogens is 4. The first-order valence-corrected chi connectivity index (χ1v) is 9.49. The van der Waals surface area contributed by atoms with E-state index in [0.717, 1.165) is 24.6 Å². The molecule has 0 saturated heterocycles. The summed E-state index contributed by atoms with van der Waals surface area (Å²) in [5.41, 5.74) is -0.0904. The van der Waals surface area contributed by atoms with Crippen LogP contribution < -0.4 is 10.2 Å². The summed E-state index contributed by atoms with van der Waals surface area (Å²) < 4.78 is 54.3. The molecule has 7 heteroatoms. The Morgan fingerprint density at radius 1 is 1.17 bits per heavy atom. The predicted molar refractivity (Wildman–Crippen MR) is 105 cm³/mol. The van der Waals surface area contributed by atoms with Crippen molar-refractivity contribution in [2.24, 2.45) is 5.41 Å². The van der Waals surface area contributed by atoms with Crippen LogP contribution in [-0.4, -0.2) is 26.6 Å². The van der Waals surface area contributed by atoms with E-state index in [2.05, 4.69) is 5.32 Å². The average Bonchev–Trinajstić information content (AvgIpc) is 3.48. The monoisotopic (exact) mass is 408 g/mol. The molecule has 1 aliphatic rings. The molecule has 1 N–H and O–H groups in total. The van der Waals surface area contributed by atoms with Crippen molar-refractivity contribution in [3.63, 3.8) is 0 Å². The minimum absolute atomic E-state index is 0.0195. The Balaban J connectivity index is 1.85. The number of para-hydroxylation sites is 1. The molecule has 156 valence electrons. The SMILES string of the molecule is CN(Cc1c(C=O)cc(CNCC2(CF)CC2)cc1C(F)(F)F)c1ccccc1. The lowest BCUT2D eigenvalue weighted by Crippen LogP contribution is -2.26. The molecule has 2 aromatic rings. The molecule has 0 spiro atoms. The van der Waals surface area contributed by atoms with Crippen LogP contribution in [0.15, 0.2) is 42.5 Å². The summed E-state index contributed by atoms with van der Waals surface area (Å²) in [6.07, 6.45) is -2.54. The van der Waals surface area contributed by atoms with Crippen molar-refractivity contribution in [3.8, 4) is 0 Å². The molecule has 0 aromatic heterocycles. The quantitative estimate of drug-likeness (QED) is 0.469. The average molecular weight is 408 g/mol. The highest BCUT2D eigenvalue weighted by atomic mass is 19.4. The van der Waals surface area contributed by atoms with Crippen LogP contribution in [0.5, 0.6) is 0 Å². The van der Waals surface area contributed by atoms with Gasteiger partial charge in [0.05, 0.1) is 12.2 Å². The lowest BCUT2D eigenvalue weighted by molar-refractivity contribution is -0.138. The van der Waals surface area contributed by atoms with Gasteiger partial charge < -0.3 is 10.2 Å². The Labute approximate surface area is 167 Å². The van der Waals surface area contributed by atoms with Gasteiger partial charge in [-0.2, -0.15) is 13.2 Å². The second-order valence-corrected chi connectivity index (χ2v) is 7.76. The fourth-order valence-corrected chi connectivity index (χ4v) is 3.41. The molecule has 1 aliphatic carbocycles. The molecule has 1 fully saturated rings. The van der Waals surface area contributed by atoms with Gasteiger partial charge in [-0.05, 0) is 48.2 Å². The number of nitrogens with zero attached hydrogens (tertiary/aromatic N) is 1. The van der Waals surface area contributed by atoms with E-state index in [1.165, 1.54) is 6.07 Å². The molecule has 2 aromatic carbocycles. The van der Waals surface area contributed by atoms with Gasteiger partial charge in [0.25, 0.3) is 0 Å². The van der Waals surface area contributed by atoms with Gasteiger partial charge in [0.2, 0.25) is 0 Å². The fraction of sp³-hybridized carbons (Fsp3) is 0.409. The van der Waals surface area contributed by atoms with Gasteiger partial charge in [-0.25, -0.2) is 0 Å². The number of alkyl halides is 4. The van der Waals surface area contributed by atoms with E-state index < -0.39 is 18.4 Å². The van der Waals surface area contributed by atoms with Gasteiger partial charge in [-0.3, -0.25) is 9.18 Å². The Bertz CT molecular complexity index is 848. The zero-order valence-corrected chi connectivity index (χ0v) is 16.2. The summed E-state index contributed by atoms with van der Waals surface area (Å²) >= 11 is 0. The predicted octanol–water partition coefficient (Wildman–Crippen LogP) is 4.99. The highest BCUT2D eigenvalue weighted by molar-refractivity contribution is 5.79. The van der Waals surface area contributed by atoms with E-state index in [1.807, 2.05) is 6.07 Å². The van der Waals surface area contributed by atoms with Crippen molar-refractivity contribution >= 4 is 12.0 Å². The molecular weight excluding hydrogens is 384 g/mol. The Morgan fingerprint density at radius 2 is 1.86 bits per heavy atom. The Morgan fingerprint density at radius 3 is 2.41 bits per heavy atom. The summed E-state index contributed by atoms with van der Waals surface area (Å²) in [5.74, 6) is 0. The first-order chi connectivity index (χ1) is 13.8. The number of carbonyl (C=O) groups excluding carboxylic acids is 1. The first kappa shape index (κ1) is 21.3. The van der Waals surface area contributed by atoms with Crippen molar-refractivity contribution in [1.29, 1.82) is 0 Å². The number of aldehydes is 1. The third-order valence-corrected chi connectivity index (χ3v) is 5.44. The standard InChI is InChI=1S/C22H24F4N2O/c1-28(18-5-3-2-4-6-18)12-19-17(13-29)9-16(10-20(19)22(24,25)26)11-27-15-21(14-23)7-8-21/h2-6,9-10,13,27H,7-8,11-12,14-15H2,1H3. The van der Waals surface area contributed by atoms with Crippen molar-refractivity contribution in [2.45, 2.75) is 32.1 Å². The third kappa shape index (κ3) is 5.15. The van der Waals surface area contributed by atoms with E-state index in [1.54, 1.807) is 36.2 Å². The third-order valence-electron chi connectivity index (χ3n) is 5.44. The van der Waals surface area contributed by atoms with Gasteiger partial charge in [-0.1, -0.05) is 18.2 Å². The number of nitrogens with one attached hydrogen (secondary N) is 1. The first-order valence-electron chi connectivity index (χ1n) is 9.49. The summed E-state index contributed by atoms with van der Waals surface area (Å²) in [4.78, 5) is 13.3. The van der Waals surface area contributed by atoms with Crippen LogP contribution in [0.4, 0.5) is 23.2 Å². The van der Waals surface area contributed by atoms with Crippen LogP contribution >= 0.6 is 0 Å². The molecule has 29 heavy (non-hydrogen) atoms. The van der Waals surface area contributed by atoms with E-state index in [9.17, 15) is 22.4 Å². The summed E-state index contributed by atoms with van der Waals surface area (Å²) in [6.45, 7) is 0.0873. The second-order valence-electron chi connectivity index (χ2n) is 7.76. The van der Waals surface area contributed by atoms with Crippen molar-refractivity contribution in [1.82, 2.24) is 5.32 Å². The molecule has 0 radical (unpaired) electrons. The van der Waals surface area contributed by atoms with Gasteiger partial charge in [0, 0.05) is 43.3 Å². The van der Waals surface area contributed by atoms with E-state index in [4.69, 9.17) is 0 Å². The van der Waals surface area contributed by atoms with Crippen LogP contribution in [0.1, 0.15) is 39.9 Å². The molecular formula is C22H24F4N2O. The van der Waals surface area contributed by atoms with Gasteiger partial charge in [0.15, 0.2) is 0 Å². The van der Waals surface area contributed by atoms with E-state index in [-0.39, 0.29) is 29.6 Å². The van der Waals surface area contributed by atoms with Gasteiger partial charge in [0.1, 0.15) is 6.29 Å². The number of benzene rings is 2. The second kappa shape index (κ2) is 8.53. The summed E-state index contributed by atoms with van der Waals surface area (Å²) in [5, 5.41) is 3.04. The molecule has 0 unspecified atom stereocenters. The van der Waals surface area contributed by atoms with E-state index in [0.29, 0.717) is 18.4 Å². The van der Waals surface area contributed by atoms with Gasteiger partial charge in [-0.15, -0.1) is 0 Å². The number of rotatable bonds is 9. The van der Waals surface area contributed by atoms with Crippen LogP contribution in [-0.2, 0) is 19.3 Å².